The molecule has 0 radical (unpaired) electrons. The molecule has 1 aliphatic carbocycles. The number of hydrogen-bond donors (Lipinski definition) is 2. The van der Waals surface area contributed by atoms with Crippen molar-refractivity contribution in [1.82, 2.24) is 0 Å². The van der Waals surface area contributed by atoms with Crippen molar-refractivity contribution in [2.45, 2.75) is 153 Å². The molecule has 282 valence electrons. The number of carbonyl (C=O) groups is 1. The Labute approximate surface area is 329 Å². The minimum absolute atomic E-state index is 0.0250. The fourth-order valence-corrected chi connectivity index (χ4v) is 9.02. The van der Waals surface area contributed by atoms with Gasteiger partial charge in [-0.25, -0.2) is 0 Å². The standard InChI is InChI=1S/C48H60O3S2/c1-6-8-10-12-14-16-19-25-34-31-38(33-23-21-18-22-24-33)40-42(44(34)49)46(51)41-39(53-37-29-27-36(28-30-37)48(3,4)5)32-35(45(50)43(41)47(40)52)26-20-17-15-13-11-9-7-2/h18,21-24,27-32,49-50H,6-17,19-20,25-26H2,1-5H3. The van der Waals surface area contributed by atoms with Crippen LogP contribution in [0.5, 0.6) is 11.5 Å². The summed E-state index contributed by atoms with van der Waals surface area (Å²) in [4.78, 5) is 17.2. The Kier molecular flexibility index (Phi) is 14.8. The highest BCUT2D eigenvalue weighted by atomic mass is 32.2. The number of rotatable bonds is 19. The van der Waals surface area contributed by atoms with E-state index in [1.165, 1.54) is 81.5 Å². The quantitative estimate of drug-likeness (QED) is 0.0650. The Morgan fingerprint density at radius 3 is 1.66 bits per heavy atom. The summed E-state index contributed by atoms with van der Waals surface area (Å²) in [6.07, 6.45) is 17.8. The average molecular weight is 749 g/mol. The topological polar surface area (TPSA) is 57.5 Å². The SMILES string of the molecule is CCCCCCCCCc1cc(Sc2ccc(C(C)(C)C)cc2)c2c(c1O)C(=S)c1c(-c3ccccc3)cc(CCCCCCCCC)c(O)c1C2=O. The second-order valence-corrected chi connectivity index (χ2v) is 17.5. The Bertz CT molecular complexity index is 1850. The molecule has 3 nitrogen and oxygen atoms in total. The molecule has 0 heterocycles. The van der Waals surface area contributed by atoms with Crippen molar-refractivity contribution in [2.75, 3.05) is 0 Å². The number of benzene rings is 4. The van der Waals surface area contributed by atoms with Crippen LogP contribution >= 0.6 is 24.0 Å². The third kappa shape index (κ3) is 10.0. The Hall–Kier alpha value is -3.41. The van der Waals surface area contributed by atoms with Crippen molar-refractivity contribution >= 4 is 34.6 Å². The summed E-state index contributed by atoms with van der Waals surface area (Å²) in [6, 6.07) is 22.6. The zero-order valence-corrected chi connectivity index (χ0v) is 34.4. The lowest BCUT2D eigenvalue weighted by Gasteiger charge is -2.28. The molecule has 53 heavy (non-hydrogen) atoms. The molecular weight excluding hydrogens is 689 g/mol. The first-order valence-electron chi connectivity index (χ1n) is 20.3. The first-order valence-corrected chi connectivity index (χ1v) is 21.5. The number of phenols is 2. The molecule has 0 bridgehead atoms. The number of ketones is 1. The number of carbonyl (C=O) groups excluding carboxylic acids is 1. The van der Waals surface area contributed by atoms with E-state index in [9.17, 15) is 15.0 Å². The van der Waals surface area contributed by atoms with E-state index in [1.807, 2.05) is 42.5 Å². The molecule has 4 aromatic rings. The minimum atomic E-state index is -0.272. The highest BCUT2D eigenvalue weighted by Crippen LogP contribution is 2.48. The molecule has 4 aromatic carbocycles. The van der Waals surface area contributed by atoms with Gasteiger partial charge in [-0.15, -0.1) is 0 Å². The smallest absolute Gasteiger partial charge is 0.199 e. The van der Waals surface area contributed by atoms with Crippen LogP contribution in [-0.4, -0.2) is 20.9 Å². The predicted octanol–water partition coefficient (Wildman–Crippen LogP) is 14.1. The normalized spacial score (nSPS) is 12.6. The van der Waals surface area contributed by atoms with Gasteiger partial charge in [-0.05, 0) is 83.2 Å². The van der Waals surface area contributed by atoms with Crippen LogP contribution in [0.2, 0.25) is 0 Å². The second kappa shape index (κ2) is 19.3. The summed E-state index contributed by atoms with van der Waals surface area (Å²) in [5.41, 5.74) is 6.31. The zero-order valence-electron chi connectivity index (χ0n) is 32.8. The van der Waals surface area contributed by atoms with Crippen molar-refractivity contribution < 1.29 is 15.0 Å². The largest absolute Gasteiger partial charge is 0.507 e. The van der Waals surface area contributed by atoms with Crippen molar-refractivity contribution in [3.63, 3.8) is 0 Å². The summed E-state index contributed by atoms with van der Waals surface area (Å²) >= 11 is 7.85. The van der Waals surface area contributed by atoms with Gasteiger partial charge in [0.25, 0.3) is 0 Å². The minimum Gasteiger partial charge on any atom is -0.507 e. The average Bonchev–Trinajstić information content (AvgIpc) is 3.14. The van der Waals surface area contributed by atoms with Crippen LogP contribution in [0.15, 0.2) is 76.5 Å². The number of fused-ring (bicyclic) bond motifs is 2. The fraction of sp³-hybridized carbons (Fsp3) is 0.458. The van der Waals surface area contributed by atoms with Crippen LogP contribution in [-0.2, 0) is 18.3 Å². The highest BCUT2D eigenvalue weighted by molar-refractivity contribution is 7.99. The van der Waals surface area contributed by atoms with Gasteiger partial charge in [0.2, 0.25) is 0 Å². The summed E-state index contributed by atoms with van der Waals surface area (Å²) in [6.45, 7) is 11.1. The lowest BCUT2D eigenvalue weighted by molar-refractivity contribution is 0.103. The monoisotopic (exact) mass is 748 g/mol. The summed E-state index contributed by atoms with van der Waals surface area (Å²) in [7, 11) is 0. The van der Waals surface area contributed by atoms with Gasteiger partial charge >= 0.3 is 0 Å². The molecule has 0 spiro atoms. The molecule has 0 saturated heterocycles. The molecule has 0 fully saturated rings. The molecule has 5 rings (SSSR count). The van der Waals surface area contributed by atoms with Gasteiger partial charge < -0.3 is 10.2 Å². The third-order valence-electron chi connectivity index (χ3n) is 10.8. The maximum absolute atomic E-state index is 15.0. The van der Waals surface area contributed by atoms with Crippen molar-refractivity contribution in [3.8, 4) is 22.6 Å². The van der Waals surface area contributed by atoms with Crippen LogP contribution in [0.4, 0.5) is 0 Å². The molecule has 0 atom stereocenters. The maximum Gasteiger partial charge on any atom is 0.199 e. The van der Waals surface area contributed by atoms with Crippen LogP contribution in [0.25, 0.3) is 11.1 Å². The van der Waals surface area contributed by atoms with Gasteiger partial charge in [0.15, 0.2) is 5.78 Å². The number of thiocarbonyl (C=S) groups is 1. The van der Waals surface area contributed by atoms with Crippen molar-refractivity contribution in [2.24, 2.45) is 0 Å². The van der Waals surface area contributed by atoms with Crippen LogP contribution in [0.1, 0.15) is 168 Å². The Morgan fingerprint density at radius 1 is 0.604 bits per heavy atom. The number of aryl methyl sites for hydroxylation is 2. The molecular formula is C48H60O3S2. The van der Waals surface area contributed by atoms with E-state index in [4.69, 9.17) is 12.2 Å². The van der Waals surface area contributed by atoms with E-state index in [0.717, 1.165) is 57.7 Å². The van der Waals surface area contributed by atoms with Gasteiger partial charge in [0, 0.05) is 26.5 Å². The van der Waals surface area contributed by atoms with Gasteiger partial charge in [-0.2, -0.15) is 0 Å². The second-order valence-electron chi connectivity index (χ2n) is 16.0. The third-order valence-corrected chi connectivity index (χ3v) is 12.2. The predicted molar refractivity (Wildman–Crippen MR) is 229 cm³/mol. The van der Waals surface area contributed by atoms with Gasteiger partial charge in [-0.1, -0.05) is 178 Å². The number of hydrogen-bond acceptors (Lipinski definition) is 5. The lowest BCUT2D eigenvalue weighted by atomic mass is 9.77. The Morgan fingerprint density at radius 2 is 1.11 bits per heavy atom. The highest BCUT2D eigenvalue weighted by Gasteiger charge is 2.38. The molecule has 1 aliphatic rings. The van der Waals surface area contributed by atoms with E-state index in [0.29, 0.717) is 34.4 Å². The van der Waals surface area contributed by atoms with E-state index in [1.54, 1.807) is 0 Å². The number of unbranched alkanes of at least 4 members (excludes halogenated alkanes) is 12. The lowest BCUT2D eigenvalue weighted by Crippen LogP contribution is -2.24. The van der Waals surface area contributed by atoms with E-state index >= 15 is 0 Å². The van der Waals surface area contributed by atoms with Crippen LogP contribution in [0, 0.1) is 0 Å². The molecule has 0 amide bonds. The molecule has 0 saturated carbocycles. The fourth-order valence-electron chi connectivity index (χ4n) is 7.58. The van der Waals surface area contributed by atoms with Crippen molar-refractivity contribution in [1.29, 1.82) is 0 Å². The van der Waals surface area contributed by atoms with Crippen molar-refractivity contribution in [3.05, 3.63) is 106 Å². The molecule has 0 unspecified atom stereocenters. The first kappa shape index (κ1) is 40.8. The maximum atomic E-state index is 15.0. The number of aromatic hydroxyl groups is 2. The zero-order chi connectivity index (χ0) is 38.0. The summed E-state index contributed by atoms with van der Waals surface area (Å²) in [5.74, 6) is -0.139. The van der Waals surface area contributed by atoms with Gasteiger partial charge in [0.1, 0.15) is 11.5 Å². The van der Waals surface area contributed by atoms with E-state index in [2.05, 4.69) is 58.9 Å². The molecule has 0 aliphatic heterocycles. The Balaban J connectivity index is 1.57. The van der Waals surface area contributed by atoms with E-state index < -0.39 is 0 Å². The summed E-state index contributed by atoms with van der Waals surface area (Å²) in [5, 5.41) is 24.0. The first-order chi connectivity index (χ1) is 25.6. The molecule has 0 aromatic heterocycles. The summed E-state index contributed by atoms with van der Waals surface area (Å²) < 4.78 is 0. The van der Waals surface area contributed by atoms with Crippen LogP contribution in [0.3, 0.4) is 0 Å². The number of phenolic OH excluding ortho intramolecular Hbond substituents is 2. The molecule has 2 N–H and O–H groups in total. The van der Waals surface area contributed by atoms with Crippen LogP contribution < -0.4 is 0 Å². The van der Waals surface area contributed by atoms with Gasteiger partial charge in [0.05, 0.1) is 10.4 Å². The molecule has 5 heteroatoms. The van der Waals surface area contributed by atoms with E-state index in [-0.39, 0.29) is 28.3 Å². The van der Waals surface area contributed by atoms with Gasteiger partial charge in [-0.3, -0.25) is 4.79 Å².